The first-order chi connectivity index (χ1) is 15.1. The summed E-state index contributed by atoms with van der Waals surface area (Å²) in [7, 11) is 3.65. The molecule has 0 aromatic carbocycles. The highest BCUT2D eigenvalue weighted by Gasteiger charge is 2.21. The monoisotopic (exact) mass is 448 g/mol. The molecule has 0 aliphatic heterocycles. The van der Waals surface area contributed by atoms with Crippen molar-refractivity contribution in [2.24, 2.45) is 5.73 Å². The molecule has 1 heterocycles. The zero-order valence-corrected chi connectivity index (χ0v) is 21.2. The van der Waals surface area contributed by atoms with Gasteiger partial charge in [0.25, 0.3) is 0 Å². The smallest absolute Gasteiger partial charge is 0.197 e. The van der Waals surface area contributed by atoms with Crippen LogP contribution in [-0.4, -0.2) is 67.4 Å². The summed E-state index contributed by atoms with van der Waals surface area (Å²) in [4.78, 5) is 18.4. The number of aromatic nitrogens is 1. The molecule has 0 saturated carbocycles. The maximum atomic E-state index is 11.3. The van der Waals surface area contributed by atoms with Gasteiger partial charge in [-0.1, -0.05) is 13.0 Å². The van der Waals surface area contributed by atoms with E-state index < -0.39 is 11.6 Å². The molecule has 7 heteroatoms. The number of nitrogens with two attached hydrogens (primary N) is 1. The molecular formula is C25H44N4O3. The lowest BCUT2D eigenvalue weighted by molar-refractivity contribution is 0.0419. The standard InChI is InChI=1S/C25H44N4O3/c1-8-20-12-13-21(28-24(20)27-6)11-9-10-15-29(17-19(2)31-7)16-14-22(26)23(18-30)32-25(3,4)5/h12-13,19,22H,8-11,14-17,26H2,1-7H3,(H,27,28)/t19-,22?/m1/s1. The van der Waals surface area contributed by atoms with Crippen LogP contribution in [0.15, 0.2) is 17.9 Å². The van der Waals surface area contributed by atoms with E-state index in [4.69, 9.17) is 20.2 Å². The van der Waals surface area contributed by atoms with Crippen LogP contribution in [0, 0.1) is 0 Å². The predicted octanol–water partition coefficient (Wildman–Crippen LogP) is 3.59. The number of unbranched alkanes of at least 4 members (excludes halogenated alkanes) is 1. The number of ether oxygens (including phenoxy) is 2. The van der Waals surface area contributed by atoms with Gasteiger partial charge >= 0.3 is 0 Å². The first-order valence-electron chi connectivity index (χ1n) is 11.7. The van der Waals surface area contributed by atoms with E-state index in [1.165, 1.54) is 5.56 Å². The average molecular weight is 449 g/mol. The van der Waals surface area contributed by atoms with E-state index in [-0.39, 0.29) is 11.9 Å². The van der Waals surface area contributed by atoms with Gasteiger partial charge < -0.3 is 25.4 Å². The Morgan fingerprint density at radius 2 is 2.00 bits per heavy atom. The molecule has 1 rings (SSSR count). The minimum atomic E-state index is -0.467. The van der Waals surface area contributed by atoms with Crippen LogP contribution in [0.2, 0.25) is 0 Å². The van der Waals surface area contributed by atoms with E-state index in [9.17, 15) is 4.79 Å². The Morgan fingerprint density at radius 3 is 2.56 bits per heavy atom. The summed E-state index contributed by atoms with van der Waals surface area (Å²) >= 11 is 0. The fraction of sp³-hybridized carbons (Fsp3) is 0.720. The summed E-state index contributed by atoms with van der Waals surface area (Å²) in [6, 6.07) is 3.83. The van der Waals surface area contributed by atoms with Gasteiger partial charge in [0.2, 0.25) is 0 Å². The van der Waals surface area contributed by atoms with E-state index in [2.05, 4.69) is 36.2 Å². The highest BCUT2D eigenvalue weighted by atomic mass is 16.5. The molecule has 2 atom stereocenters. The summed E-state index contributed by atoms with van der Waals surface area (Å²) in [6.07, 6.45) is 4.77. The van der Waals surface area contributed by atoms with Crippen molar-refractivity contribution >= 4 is 11.8 Å². The van der Waals surface area contributed by atoms with Crippen molar-refractivity contribution in [3.8, 4) is 0 Å². The number of carbonyl (C=O) groups excluding carboxylic acids is 1. The number of hydrogen-bond donors (Lipinski definition) is 2. The van der Waals surface area contributed by atoms with Crippen LogP contribution in [0.25, 0.3) is 0 Å². The SMILES string of the molecule is CCc1ccc(CCCCN(CCC(N)C(=C=O)OC(C)(C)C)C[C@@H](C)OC)nc1NC. The molecule has 0 spiro atoms. The van der Waals surface area contributed by atoms with Crippen LogP contribution in [0.3, 0.4) is 0 Å². The zero-order chi connectivity index (χ0) is 24.1. The van der Waals surface area contributed by atoms with Crippen molar-refractivity contribution in [3.05, 3.63) is 29.1 Å². The minimum Gasteiger partial charge on any atom is -0.480 e. The summed E-state index contributed by atoms with van der Waals surface area (Å²) in [6.45, 7) is 12.4. The fourth-order valence-corrected chi connectivity index (χ4v) is 3.50. The summed E-state index contributed by atoms with van der Waals surface area (Å²) in [5, 5.41) is 3.19. The van der Waals surface area contributed by atoms with Crippen molar-refractivity contribution < 1.29 is 14.3 Å². The Bertz CT molecular complexity index is 726. The molecule has 0 amide bonds. The van der Waals surface area contributed by atoms with Gasteiger partial charge in [-0.25, -0.2) is 9.78 Å². The highest BCUT2D eigenvalue weighted by molar-refractivity contribution is 5.51. The fourth-order valence-electron chi connectivity index (χ4n) is 3.50. The third-order valence-electron chi connectivity index (χ3n) is 5.34. The lowest BCUT2D eigenvalue weighted by Gasteiger charge is -2.28. The molecule has 0 aliphatic rings. The molecule has 32 heavy (non-hydrogen) atoms. The van der Waals surface area contributed by atoms with Gasteiger partial charge in [-0.2, -0.15) is 0 Å². The Balaban J connectivity index is 2.59. The molecule has 0 radical (unpaired) electrons. The Kier molecular flexibility index (Phi) is 12.5. The topological polar surface area (TPSA) is 89.7 Å². The number of hydrogen-bond acceptors (Lipinski definition) is 7. The lowest BCUT2D eigenvalue weighted by atomic mass is 10.1. The molecule has 3 N–H and O–H groups in total. The van der Waals surface area contributed by atoms with E-state index in [1.54, 1.807) is 7.11 Å². The van der Waals surface area contributed by atoms with Gasteiger partial charge in [0.1, 0.15) is 11.4 Å². The Morgan fingerprint density at radius 1 is 1.28 bits per heavy atom. The van der Waals surface area contributed by atoms with Gasteiger partial charge in [0.15, 0.2) is 11.7 Å². The predicted molar refractivity (Wildman–Crippen MR) is 132 cm³/mol. The van der Waals surface area contributed by atoms with E-state index in [1.807, 2.05) is 33.8 Å². The Labute approximate surface area is 194 Å². The molecule has 0 saturated heterocycles. The van der Waals surface area contributed by atoms with Crippen LogP contribution in [-0.2, 0) is 27.1 Å². The van der Waals surface area contributed by atoms with Gasteiger partial charge in [0, 0.05) is 32.9 Å². The number of pyridine rings is 1. The van der Waals surface area contributed by atoms with Crippen LogP contribution in [0.4, 0.5) is 5.82 Å². The summed E-state index contributed by atoms with van der Waals surface area (Å²) in [5.74, 6) is 3.06. The molecule has 0 bridgehead atoms. The second-order valence-corrected chi connectivity index (χ2v) is 9.29. The van der Waals surface area contributed by atoms with Gasteiger partial charge in [-0.15, -0.1) is 0 Å². The quantitative estimate of drug-likeness (QED) is 0.241. The zero-order valence-electron chi connectivity index (χ0n) is 21.2. The number of nitrogens with one attached hydrogen (secondary N) is 1. The van der Waals surface area contributed by atoms with E-state index in [0.29, 0.717) is 6.42 Å². The summed E-state index contributed by atoms with van der Waals surface area (Å²) < 4.78 is 11.1. The van der Waals surface area contributed by atoms with Crippen molar-refractivity contribution in [2.45, 2.75) is 84.5 Å². The van der Waals surface area contributed by atoms with Crippen molar-refractivity contribution in [1.29, 1.82) is 0 Å². The van der Waals surface area contributed by atoms with Crippen LogP contribution in [0.1, 0.15) is 65.1 Å². The maximum absolute atomic E-state index is 11.3. The number of methoxy groups -OCH3 is 1. The van der Waals surface area contributed by atoms with Crippen LogP contribution >= 0.6 is 0 Å². The molecule has 0 aliphatic carbocycles. The second kappa shape index (κ2) is 14.3. The molecule has 1 aromatic heterocycles. The first kappa shape index (κ1) is 28.1. The van der Waals surface area contributed by atoms with Crippen LogP contribution in [0.5, 0.6) is 0 Å². The molecule has 1 aromatic rings. The van der Waals surface area contributed by atoms with E-state index in [0.717, 1.165) is 56.8 Å². The molecule has 0 fully saturated rings. The minimum absolute atomic E-state index is 0.125. The maximum Gasteiger partial charge on any atom is 0.197 e. The van der Waals surface area contributed by atoms with Crippen LogP contribution < -0.4 is 11.1 Å². The molecule has 1 unspecified atom stereocenters. The first-order valence-corrected chi connectivity index (χ1v) is 11.7. The molecule has 182 valence electrons. The molecular weight excluding hydrogens is 404 g/mol. The third-order valence-corrected chi connectivity index (χ3v) is 5.34. The lowest BCUT2D eigenvalue weighted by Crippen LogP contribution is -2.38. The van der Waals surface area contributed by atoms with Gasteiger partial charge in [-0.05, 0) is 78.0 Å². The summed E-state index contributed by atoms with van der Waals surface area (Å²) in [5.41, 5.74) is 8.12. The Hall–Kier alpha value is -1.92. The third kappa shape index (κ3) is 10.6. The normalized spacial score (nSPS) is 13.5. The number of nitrogens with zero attached hydrogens (tertiary/aromatic N) is 2. The van der Waals surface area contributed by atoms with Crippen molar-refractivity contribution in [3.63, 3.8) is 0 Å². The number of anilines is 1. The van der Waals surface area contributed by atoms with E-state index >= 15 is 0 Å². The number of rotatable bonds is 15. The number of aryl methyl sites for hydroxylation is 2. The highest BCUT2D eigenvalue weighted by Crippen LogP contribution is 2.17. The van der Waals surface area contributed by atoms with Gasteiger partial charge in [-0.3, -0.25) is 0 Å². The van der Waals surface area contributed by atoms with Gasteiger partial charge in [0.05, 0.1) is 12.1 Å². The van der Waals surface area contributed by atoms with Crippen molar-refractivity contribution in [2.75, 3.05) is 39.1 Å². The molecule has 7 nitrogen and oxygen atoms in total. The second-order valence-electron chi connectivity index (χ2n) is 9.29. The van der Waals surface area contributed by atoms with Crippen molar-refractivity contribution in [1.82, 2.24) is 9.88 Å². The largest absolute Gasteiger partial charge is 0.480 e. The average Bonchev–Trinajstić information content (AvgIpc) is 2.77.